The number of carbonyl (C=O) groups excluding carboxylic acids is 2. The molecule has 0 atom stereocenters. The van der Waals surface area contributed by atoms with Gasteiger partial charge < -0.3 is 10.6 Å². The summed E-state index contributed by atoms with van der Waals surface area (Å²) >= 11 is 0. The molecule has 0 saturated heterocycles. The number of hydrogen-bond acceptors (Lipinski definition) is 2. The van der Waals surface area contributed by atoms with Crippen LogP contribution in [0.5, 0.6) is 0 Å². The minimum absolute atomic E-state index is 0.143. The summed E-state index contributed by atoms with van der Waals surface area (Å²) in [5, 5.41) is 5.05. The van der Waals surface area contributed by atoms with Crippen molar-refractivity contribution in [2.24, 2.45) is 5.41 Å². The fourth-order valence-corrected chi connectivity index (χ4v) is 2.29. The molecule has 0 aliphatic heterocycles. The number of hydrogen-bond donors (Lipinski definition) is 2. The van der Waals surface area contributed by atoms with Gasteiger partial charge in [-0.3, -0.25) is 9.59 Å². The van der Waals surface area contributed by atoms with E-state index in [1.54, 1.807) is 24.3 Å². The van der Waals surface area contributed by atoms with Crippen molar-refractivity contribution < 1.29 is 18.4 Å². The standard InChI is InChI=1S/C17H14F2N2O2/c18-11-6-7-14(13(19)10-11)21-16(23)17(8-9-17)15(22)20-12-4-2-1-3-5-12/h1-7,10H,8-9H2,(H,20,22)(H,21,23). The molecule has 2 N–H and O–H groups in total. The number of amides is 2. The molecule has 2 amide bonds. The van der Waals surface area contributed by atoms with E-state index in [4.69, 9.17) is 0 Å². The number of carbonyl (C=O) groups is 2. The van der Waals surface area contributed by atoms with E-state index in [2.05, 4.69) is 10.6 Å². The molecule has 1 saturated carbocycles. The maximum absolute atomic E-state index is 13.6. The normalized spacial score (nSPS) is 14.9. The van der Waals surface area contributed by atoms with Gasteiger partial charge in [-0.1, -0.05) is 18.2 Å². The lowest BCUT2D eigenvalue weighted by molar-refractivity contribution is -0.131. The largest absolute Gasteiger partial charge is 0.325 e. The molecule has 2 aromatic carbocycles. The maximum atomic E-state index is 13.6. The lowest BCUT2D eigenvalue weighted by atomic mass is 10.0. The Balaban J connectivity index is 1.72. The topological polar surface area (TPSA) is 58.2 Å². The summed E-state index contributed by atoms with van der Waals surface area (Å²) in [6.07, 6.45) is 0.778. The van der Waals surface area contributed by atoms with Crippen molar-refractivity contribution in [2.75, 3.05) is 10.6 Å². The van der Waals surface area contributed by atoms with Crippen LogP contribution in [-0.2, 0) is 9.59 Å². The van der Waals surface area contributed by atoms with Crippen LogP contribution in [0.15, 0.2) is 48.5 Å². The van der Waals surface area contributed by atoms with Crippen LogP contribution < -0.4 is 10.6 Å². The molecule has 0 heterocycles. The number of rotatable bonds is 4. The summed E-state index contributed by atoms with van der Waals surface area (Å²) in [5.41, 5.74) is -0.754. The Morgan fingerprint density at radius 3 is 2.17 bits per heavy atom. The fourth-order valence-electron chi connectivity index (χ4n) is 2.29. The van der Waals surface area contributed by atoms with Gasteiger partial charge in [-0.25, -0.2) is 8.78 Å². The Morgan fingerprint density at radius 2 is 1.57 bits per heavy atom. The number of benzene rings is 2. The molecule has 6 heteroatoms. The highest BCUT2D eigenvalue weighted by molar-refractivity contribution is 6.16. The van der Waals surface area contributed by atoms with Gasteiger partial charge in [0.25, 0.3) is 0 Å². The van der Waals surface area contributed by atoms with Crippen LogP contribution in [0, 0.1) is 17.0 Å². The Hall–Kier alpha value is -2.76. The zero-order chi connectivity index (χ0) is 16.4. The van der Waals surface area contributed by atoms with Gasteiger partial charge in [0, 0.05) is 11.8 Å². The van der Waals surface area contributed by atoms with Crippen LogP contribution in [0.25, 0.3) is 0 Å². The van der Waals surface area contributed by atoms with Crippen molar-refractivity contribution >= 4 is 23.2 Å². The van der Waals surface area contributed by atoms with E-state index in [9.17, 15) is 18.4 Å². The van der Waals surface area contributed by atoms with Crippen molar-refractivity contribution in [1.82, 2.24) is 0 Å². The fraction of sp³-hybridized carbons (Fsp3) is 0.176. The number of nitrogens with one attached hydrogen (secondary N) is 2. The summed E-state index contributed by atoms with van der Waals surface area (Å²) in [5.74, 6) is -2.62. The first-order valence-corrected chi connectivity index (χ1v) is 7.14. The molecule has 1 aliphatic carbocycles. The lowest BCUT2D eigenvalue weighted by Crippen LogP contribution is -2.35. The van der Waals surface area contributed by atoms with Crippen molar-refractivity contribution in [3.05, 3.63) is 60.2 Å². The van der Waals surface area contributed by atoms with Crippen molar-refractivity contribution in [2.45, 2.75) is 12.8 Å². The molecule has 0 unspecified atom stereocenters. The monoisotopic (exact) mass is 316 g/mol. The Kier molecular flexibility index (Phi) is 3.82. The van der Waals surface area contributed by atoms with E-state index in [1.807, 2.05) is 6.07 Å². The Labute approximate surface area is 131 Å². The highest BCUT2D eigenvalue weighted by Crippen LogP contribution is 2.47. The zero-order valence-corrected chi connectivity index (χ0v) is 12.1. The summed E-state index contributed by atoms with van der Waals surface area (Å²) < 4.78 is 26.5. The third-order valence-corrected chi connectivity index (χ3v) is 3.83. The quantitative estimate of drug-likeness (QED) is 0.850. The second-order valence-corrected chi connectivity index (χ2v) is 5.48. The lowest BCUT2D eigenvalue weighted by Gasteiger charge is -2.15. The molecule has 0 aromatic heterocycles. The van der Waals surface area contributed by atoms with Crippen LogP contribution in [0.2, 0.25) is 0 Å². The summed E-state index contributed by atoms with van der Waals surface area (Å²) in [4.78, 5) is 24.7. The first-order chi connectivity index (χ1) is 11.0. The van der Waals surface area contributed by atoms with Gasteiger partial charge in [-0.2, -0.15) is 0 Å². The Morgan fingerprint density at radius 1 is 0.913 bits per heavy atom. The van der Waals surface area contributed by atoms with E-state index in [0.29, 0.717) is 24.6 Å². The average Bonchev–Trinajstić information content (AvgIpc) is 3.33. The van der Waals surface area contributed by atoms with Gasteiger partial charge in [-0.05, 0) is 37.1 Å². The third kappa shape index (κ3) is 3.06. The molecular weight excluding hydrogens is 302 g/mol. The predicted octanol–water partition coefficient (Wildman–Crippen LogP) is 3.32. The molecule has 2 aromatic rings. The molecule has 0 bridgehead atoms. The van der Waals surface area contributed by atoms with Gasteiger partial charge in [0.2, 0.25) is 11.8 Å². The first kappa shape index (κ1) is 15.1. The van der Waals surface area contributed by atoms with Gasteiger partial charge in [-0.15, -0.1) is 0 Å². The predicted molar refractivity (Wildman–Crippen MR) is 81.7 cm³/mol. The number of halogens is 2. The number of para-hydroxylation sites is 1. The molecule has 0 radical (unpaired) electrons. The molecule has 1 aliphatic rings. The van der Waals surface area contributed by atoms with Gasteiger partial charge in [0.15, 0.2) is 0 Å². The van der Waals surface area contributed by atoms with Crippen LogP contribution in [-0.4, -0.2) is 11.8 Å². The highest BCUT2D eigenvalue weighted by atomic mass is 19.1. The number of anilines is 2. The van der Waals surface area contributed by atoms with Crippen molar-refractivity contribution in [1.29, 1.82) is 0 Å². The SMILES string of the molecule is O=C(Nc1ccccc1)C1(C(=O)Nc2ccc(F)cc2F)CC1. The molecule has 4 nitrogen and oxygen atoms in total. The molecule has 3 rings (SSSR count). The second-order valence-electron chi connectivity index (χ2n) is 5.48. The molecular formula is C17H14F2N2O2. The second kappa shape index (κ2) is 5.79. The summed E-state index contributed by atoms with van der Waals surface area (Å²) in [6.45, 7) is 0. The van der Waals surface area contributed by atoms with E-state index in [0.717, 1.165) is 12.1 Å². The first-order valence-electron chi connectivity index (χ1n) is 7.14. The minimum Gasteiger partial charge on any atom is -0.325 e. The third-order valence-electron chi connectivity index (χ3n) is 3.83. The molecule has 23 heavy (non-hydrogen) atoms. The van der Waals surface area contributed by atoms with Crippen LogP contribution in [0.1, 0.15) is 12.8 Å². The summed E-state index contributed by atoms with van der Waals surface area (Å²) in [6, 6.07) is 11.6. The smallest absolute Gasteiger partial charge is 0.240 e. The van der Waals surface area contributed by atoms with Crippen molar-refractivity contribution in [3.63, 3.8) is 0 Å². The summed E-state index contributed by atoms with van der Waals surface area (Å²) in [7, 11) is 0. The van der Waals surface area contributed by atoms with E-state index in [1.165, 1.54) is 0 Å². The zero-order valence-electron chi connectivity index (χ0n) is 12.1. The van der Waals surface area contributed by atoms with E-state index < -0.39 is 28.9 Å². The molecule has 118 valence electrons. The van der Waals surface area contributed by atoms with Crippen LogP contribution >= 0.6 is 0 Å². The van der Waals surface area contributed by atoms with Crippen molar-refractivity contribution in [3.8, 4) is 0 Å². The maximum Gasteiger partial charge on any atom is 0.240 e. The van der Waals surface area contributed by atoms with Gasteiger partial charge in [0.1, 0.15) is 17.0 Å². The highest BCUT2D eigenvalue weighted by Gasteiger charge is 2.56. The van der Waals surface area contributed by atoms with Gasteiger partial charge >= 0.3 is 0 Å². The van der Waals surface area contributed by atoms with E-state index in [-0.39, 0.29) is 5.69 Å². The average molecular weight is 316 g/mol. The van der Waals surface area contributed by atoms with Gasteiger partial charge in [0.05, 0.1) is 5.69 Å². The minimum atomic E-state index is -1.20. The molecule has 0 spiro atoms. The van der Waals surface area contributed by atoms with E-state index >= 15 is 0 Å². The Bertz CT molecular complexity index is 758. The molecule has 1 fully saturated rings. The van der Waals surface area contributed by atoms with Crippen LogP contribution in [0.3, 0.4) is 0 Å². The van der Waals surface area contributed by atoms with Crippen LogP contribution in [0.4, 0.5) is 20.2 Å².